The number of carbonyl (C=O) groups is 2. The minimum atomic E-state index is -1.29. The van der Waals surface area contributed by atoms with E-state index in [1.54, 1.807) is 0 Å². The monoisotopic (exact) mass is 202 g/mol. The maximum absolute atomic E-state index is 10.7. The lowest BCUT2D eigenvalue weighted by Gasteiger charge is -2.11. The third kappa shape index (κ3) is 4.04. The van der Waals surface area contributed by atoms with Gasteiger partial charge in [-0.15, -0.1) is 0 Å². The molecule has 3 N–H and O–H groups in total. The first kappa shape index (κ1) is 12.6. The van der Waals surface area contributed by atoms with Crippen LogP contribution in [0.5, 0.6) is 0 Å². The van der Waals surface area contributed by atoms with Crippen LogP contribution in [0.3, 0.4) is 0 Å². The van der Waals surface area contributed by atoms with Gasteiger partial charge in [-0.25, -0.2) is 4.79 Å². The Bertz CT molecular complexity index is 233. The van der Waals surface area contributed by atoms with Gasteiger partial charge in [0.25, 0.3) is 0 Å². The summed E-state index contributed by atoms with van der Waals surface area (Å²) >= 11 is 0. The van der Waals surface area contributed by atoms with Crippen molar-refractivity contribution in [3.8, 4) is 0 Å². The maximum Gasteiger partial charge on any atom is 0.331 e. The van der Waals surface area contributed by atoms with Crippen molar-refractivity contribution in [2.24, 2.45) is 5.92 Å². The Hall–Kier alpha value is -1.36. The molecular weight excluding hydrogens is 188 g/mol. The predicted octanol–water partition coefficient (Wildman–Crippen LogP) is 0.491. The highest BCUT2D eigenvalue weighted by atomic mass is 16.4. The number of carboxylic acid groups (broad SMARTS) is 2. The fourth-order valence-electron chi connectivity index (χ4n) is 1.06. The highest BCUT2D eigenvalue weighted by Gasteiger charge is 2.24. The number of aliphatic hydroxyl groups excluding tert-OH is 1. The van der Waals surface area contributed by atoms with E-state index in [2.05, 4.69) is 6.58 Å². The van der Waals surface area contributed by atoms with Crippen LogP contribution in [0.25, 0.3) is 0 Å². The molecule has 0 aromatic heterocycles. The molecule has 0 spiro atoms. The number of aliphatic carboxylic acids is 2. The number of unbranched alkanes of at least 4 members (excludes halogenated alkanes) is 1. The average molecular weight is 202 g/mol. The van der Waals surface area contributed by atoms with E-state index in [9.17, 15) is 9.59 Å². The Morgan fingerprint density at radius 2 is 1.79 bits per heavy atom. The molecule has 0 fully saturated rings. The van der Waals surface area contributed by atoms with Gasteiger partial charge in [0.1, 0.15) is 0 Å². The number of aliphatic hydroxyl groups is 1. The van der Waals surface area contributed by atoms with Crippen LogP contribution in [0.1, 0.15) is 19.3 Å². The summed E-state index contributed by atoms with van der Waals surface area (Å²) in [4.78, 5) is 21.1. The van der Waals surface area contributed by atoms with Crippen LogP contribution in [0, 0.1) is 5.92 Å². The van der Waals surface area contributed by atoms with Crippen LogP contribution in [-0.4, -0.2) is 33.9 Å². The molecule has 80 valence electrons. The number of hydrogen-bond donors (Lipinski definition) is 3. The number of carboxylic acids is 2. The van der Waals surface area contributed by atoms with Gasteiger partial charge in [0.2, 0.25) is 0 Å². The molecule has 0 aromatic rings. The molecule has 0 amide bonds. The first-order valence-corrected chi connectivity index (χ1v) is 4.26. The molecule has 1 atom stereocenters. The maximum atomic E-state index is 10.7. The second-order valence-electron chi connectivity index (χ2n) is 2.94. The van der Waals surface area contributed by atoms with Crippen molar-refractivity contribution in [2.75, 3.05) is 6.61 Å². The first-order chi connectivity index (χ1) is 6.50. The van der Waals surface area contributed by atoms with Crippen LogP contribution < -0.4 is 0 Å². The summed E-state index contributed by atoms with van der Waals surface area (Å²) in [5.74, 6) is -3.53. The van der Waals surface area contributed by atoms with Crippen molar-refractivity contribution >= 4 is 11.9 Å². The summed E-state index contributed by atoms with van der Waals surface area (Å²) in [5, 5.41) is 25.7. The van der Waals surface area contributed by atoms with Crippen LogP contribution in [0.2, 0.25) is 0 Å². The Morgan fingerprint density at radius 1 is 1.21 bits per heavy atom. The zero-order valence-electron chi connectivity index (χ0n) is 7.77. The summed E-state index contributed by atoms with van der Waals surface area (Å²) in [6.45, 7) is 3.19. The van der Waals surface area contributed by atoms with Gasteiger partial charge in [0.15, 0.2) is 0 Å². The van der Waals surface area contributed by atoms with Gasteiger partial charge in [0, 0.05) is 12.2 Å². The van der Waals surface area contributed by atoms with E-state index in [0.717, 1.165) is 0 Å². The number of rotatable bonds is 7. The lowest BCUT2D eigenvalue weighted by molar-refractivity contribution is -0.144. The predicted molar refractivity (Wildman–Crippen MR) is 48.8 cm³/mol. The van der Waals surface area contributed by atoms with Crippen molar-refractivity contribution in [3.05, 3.63) is 12.2 Å². The molecule has 0 aliphatic heterocycles. The quantitative estimate of drug-likeness (QED) is 0.412. The highest BCUT2D eigenvalue weighted by molar-refractivity contribution is 5.93. The van der Waals surface area contributed by atoms with Gasteiger partial charge < -0.3 is 15.3 Å². The molecule has 0 aromatic carbocycles. The molecule has 0 aliphatic rings. The van der Waals surface area contributed by atoms with Gasteiger partial charge in [-0.1, -0.05) is 6.58 Å². The van der Waals surface area contributed by atoms with E-state index in [-0.39, 0.29) is 18.6 Å². The summed E-state index contributed by atoms with van der Waals surface area (Å²) in [7, 11) is 0. The molecule has 0 rings (SSSR count). The molecule has 14 heavy (non-hydrogen) atoms. The Kier molecular flexibility index (Phi) is 5.55. The van der Waals surface area contributed by atoms with E-state index in [1.165, 1.54) is 0 Å². The molecule has 0 radical (unpaired) electrons. The lowest BCUT2D eigenvalue weighted by Crippen LogP contribution is -2.20. The van der Waals surface area contributed by atoms with Crippen molar-refractivity contribution in [3.63, 3.8) is 0 Å². The van der Waals surface area contributed by atoms with Crippen molar-refractivity contribution in [1.29, 1.82) is 0 Å². The SMILES string of the molecule is C=C(C(=O)O)C(CCCCO)C(=O)O. The van der Waals surface area contributed by atoms with E-state index in [0.29, 0.717) is 12.8 Å². The van der Waals surface area contributed by atoms with E-state index in [4.69, 9.17) is 15.3 Å². The lowest BCUT2D eigenvalue weighted by atomic mass is 9.94. The third-order valence-electron chi connectivity index (χ3n) is 1.89. The highest BCUT2D eigenvalue weighted by Crippen LogP contribution is 2.17. The topological polar surface area (TPSA) is 94.8 Å². The van der Waals surface area contributed by atoms with E-state index >= 15 is 0 Å². The Labute approximate surface area is 81.7 Å². The second kappa shape index (κ2) is 6.15. The fraction of sp³-hybridized carbons (Fsp3) is 0.556. The molecule has 5 heteroatoms. The van der Waals surface area contributed by atoms with Gasteiger partial charge in [0.05, 0.1) is 5.92 Å². The minimum absolute atomic E-state index is 0.0219. The summed E-state index contributed by atoms with van der Waals surface area (Å²) in [5.41, 5.74) is -0.310. The van der Waals surface area contributed by atoms with Crippen LogP contribution >= 0.6 is 0 Å². The summed E-state index contributed by atoms with van der Waals surface area (Å²) in [6, 6.07) is 0. The minimum Gasteiger partial charge on any atom is -0.481 e. The second-order valence-corrected chi connectivity index (χ2v) is 2.94. The van der Waals surface area contributed by atoms with Crippen molar-refractivity contribution in [1.82, 2.24) is 0 Å². The van der Waals surface area contributed by atoms with Crippen molar-refractivity contribution in [2.45, 2.75) is 19.3 Å². The third-order valence-corrected chi connectivity index (χ3v) is 1.89. The molecule has 0 saturated carbocycles. The van der Waals surface area contributed by atoms with Crippen LogP contribution in [-0.2, 0) is 9.59 Å². The Morgan fingerprint density at radius 3 is 2.14 bits per heavy atom. The largest absolute Gasteiger partial charge is 0.481 e. The zero-order chi connectivity index (χ0) is 11.1. The summed E-state index contributed by atoms with van der Waals surface area (Å²) in [6.07, 6.45) is 1.14. The van der Waals surface area contributed by atoms with E-state index < -0.39 is 17.9 Å². The normalized spacial score (nSPS) is 12.1. The van der Waals surface area contributed by atoms with Gasteiger partial charge in [-0.3, -0.25) is 4.79 Å². The van der Waals surface area contributed by atoms with Gasteiger partial charge in [-0.05, 0) is 19.3 Å². The molecule has 0 heterocycles. The smallest absolute Gasteiger partial charge is 0.331 e. The molecule has 0 bridgehead atoms. The summed E-state index contributed by atoms with van der Waals surface area (Å²) < 4.78 is 0. The molecule has 0 aliphatic carbocycles. The van der Waals surface area contributed by atoms with E-state index in [1.807, 2.05) is 0 Å². The molecule has 5 nitrogen and oxygen atoms in total. The first-order valence-electron chi connectivity index (χ1n) is 4.26. The van der Waals surface area contributed by atoms with Crippen LogP contribution in [0.4, 0.5) is 0 Å². The molecule has 1 unspecified atom stereocenters. The molecular formula is C9H14O5. The fourth-order valence-corrected chi connectivity index (χ4v) is 1.06. The average Bonchev–Trinajstić information content (AvgIpc) is 2.10. The Balaban J connectivity index is 4.23. The standard InChI is InChI=1S/C9H14O5/c1-6(8(11)12)7(9(13)14)4-2-3-5-10/h7,10H,1-5H2,(H,11,12)(H,13,14). The van der Waals surface area contributed by atoms with Gasteiger partial charge in [-0.2, -0.15) is 0 Å². The zero-order valence-corrected chi connectivity index (χ0v) is 7.77. The van der Waals surface area contributed by atoms with Gasteiger partial charge >= 0.3 is 11.9 Å². The van der Waals surface area contributed by atoms with Crippen molar-refractivity contribution < 1.29 is 24.9 Å². The molecule has 0 saturated heterocycles. The van der Waals surface area contributed by atoms with Crippen LogP contribution in [0.15, 0.2) is 12.2 Å². The number of hydrogen-bond acceptors (Lipinski definition) is 3.